The standard InChI is InChI=1S/C21H20N4O2S3/c1-14-23-24-21(25(14)10-9-18-4-3-11-28-18)30-13-17-12-29-19(22-17)15-5-7-16(8-6-15)20(26)27-2/h3-8,11-12H,9-10,13H2,1-2H3. The predicted molar refractivity (Wildman–Crippen MR) is 121 cm³/mol. The van der Waals surface area contributed by atoms with Gasteiger partial charge in [-0.3, -0.25) is 0 Å². The number of rotatable bonds is 8. The van der Waals surface area contributed by atoms with Crippen molar-refractivity contribution in [3.05, 3.63) is 69.1 Å². The van der Waals surface area contributed by atoms with E-state index in [0.717, 1.165) is 46.0 Å². The quantitative estimate of drug-likeness (QED) is 0.272. The van der Waals surface area contributed by atoms with Gasteiger partial charge in [-0.1, -0.05) is 30.0 Å². The van der Waals surface area contributed by atoms with E-state index in [-0.39, 0.29) is 5.97 Å². The summed E-state index contributed by atoms with van der Waals surface area (Å²) in [4.78, 5) is 17.7. The summed E-state index contributed by atoms with van der Waals surface area (Å²) >= 11 is 5.02. The molecule has 1 aromatic carbocycles. The number of carbonyl (C=O) groups excluding carboxylic acids is 1. The fourth-order valence-corrected chi connectivity index (χ4v) is 5.45. The van der Waals surface area contributed by atoms with E-state index < -0.39 is 0 Å². The minimum absolute atomic E-state index is 0.337. The summed E-state index contributed by atoms with van der Waals surface area (Å²) < 4.78 is 6.91. The van der Waals surface area contributed by atoms with Crippen molar-refractivity contribution in [3.8, 4) is 10.6 Å². The molecule has 4 rings (SSSR count). The molecule has 4 aromatic rings. The first-order valence-corrected chi connectivity index (χ1v) is 12.1. The van der Waals surface area contributed by atoms with Gasteiger partial charge in [0.05, 0.1) is 18.4 Å². The van der Waals surface area contributed by atoms with E-state index in [1.54, 1.807) is 46.6 Å². The highest BCUT2D eigenvalue weighted by molar-refractivity contribution is 7.98. The number of aromatic nitrogens is 4. The minimum Gasteiger partial charge on any atom is -0.465 e. The lowest BCUT2D eigenvalue weighted by atomic mass is 10.1. The molecule has 0 N–H and O–H groups in total. The number of thioether (sulfide) groups is 1. The second kappa shape index (κ2) is 9.55. The first-order chi connectivity index (χ1) is 14.6. The third-order valence-electron chi connectivity index (χ3n) is 4.52. The third-order valence-corrected chi connectivity index (χ3v) is 7.39. The molecule has 0 aliphatic rings. The number of esters is 1. The lowest BCUT2D eigenvalue weighted by molar-refractivity contribution is 0.0601. The number of thiophene rings is 1. The van der Waals surface area contributed by atoms with Crippen LogP contribution in [0.3, 0.4) is 0 Å². The summed E-state index contributed by atoms with van der Waals surface area (Å²) in [6.45, 7) is 2.86. The van der Waals surface area contributed by atoms with Gasteiger partial charge in [-0.15, -0.1) is 32.9 Å². The number of methoxy groups -OCH3 is 1. The molecule has 0 fully saturated rings. The van der Waals surface area contributed by atoms with Gasteiger partial charge in [0.15, 0.2) is 5.16 Å². The number of ether oxygens (including phenoxy) is 1. The van der Waals surface area contributed by atoms with Crippen LogP contribution in [0, 0.1) is 6.92 Å². The fraction of sp³-hybridized carbons (Fsp3) is 0.238. The maximum absolute atomic E-state index is 11.6. The minimum atomic E-state index is -0.337. The lowest BCUT2D eigenvalue weighted by Crippen LogP contribution is -2.04. The molecule has 0 atom stereocenters. The Kier molecular flexibility index (Phi) is 6.61. The van der Waals surface area contributed by atoms with Crippen molar-refractivity contribution in [2.24, 2.45) is 0 Å². The highest BCUT2D eigenvalue weighted by Crippen LogP contribution is 2.28. The van der Waals surface area contributed by atoms with Crippen LogP contribution in [0.4, 0.5) is 0 Å². The highest BCUT2D eigenvalue weighted by atomic mass is 32.2. The van der Waals surface area contributed by atoms with Crippen LogP contribution in [-0.4, -0.2) is 32.8 Å². The molecule has 0 unspecified atom stereocenters. The normalized spacial score (nSPS) is 11.0. The molecule has 3 aromatic heterocycles. The average molecular weight is 457 g/mol. The number of thiazole rings is 1. The van der Waals surface area contributed by atoms with Crippen molar-refractivity contribution >= 4 is 40.4 Å². The molecule has 0 saturated heterocycles. The molecule has 3 heterocycles. The summed E-state index contributed by atoms with van der Waals surface area (Å²) in [5.74, 6) is 1.32. The summed E-state index contributed by atoms with van der Waals surface area (Å²) in [6.07, 6.45) is 0.979. The Hall–Kier alpha value is -2.49. The van der Waals surface area contributed by atoms with Crippen LogP contribution in [0.2, 0.25) is 0 Å². The smallest absolute Gasteiger partial charge is 0.337 e. The maximum Gasteiger partial charge on any atom is 0.337 e. The average Bonchev–Trinajstić information content (AvgIpc) is 3.52. The Labute approximate surface area is 187 Å². The van der Waals surface area contributed by atoms with Crippen LogP contribution in [0.15, 0.2) is 52.3 Å². The Morgan fingerprint density at radius 2 is 2.00 bits per heavy atom. The van der Waals surface area contributed by atoms with Gasteiger partial charge in [0, 0.05) is 28.1 Å². The number of aryl methyl sites for hydroxylation is 2. The van der Waals surface area contributed by atoms with Crippen molar-refractivity contribution in [2.45, 2.75) is 30.8 Å². The zero-order chi connectivity index (χ0) is 20.9. The van der Waals surface area contributed by atoms with Gasteiger partial charge in [-0.05, 0) is 36.9 Å². The van der Waals surface area contributed by atoms with Crippen LogP contribution in [-0.2, 0) is 23.5 Å². The molecule has 0 aliphatic heterocycles. The van der Waals surface area contributed by atoms with Gasteiger partial charge in [-0.2, -0.15) is 0 Å². The van der Waals surface area contributed by atoms with Crippen molar-refractivity contribution in [1.29, 1.82) is 0 Å². The summed E-state index contributed by atoms with van der Waals surface area (Å²) in [5.41, 5.74) is 2.52. The highest BCUT2D eigenvalue weighted by Gasteiger charge is 2.12. The van der Waals surface area contributed by atoms with Crippen LogP contribution < -0.4 is 0 Å². The third kappa shape index (κ3) is 4.80. The number of hydrogen-bond donors (Lipinski definition) is 0. The fourth-order valence-electron chi connectivity index (χ4n) is 2.91. The summed E-state index contributed by atoms with van der Waals surface area (Å²) in [7, 11) is 1.38. The molecular weight excluding hydrogens is 436 g/mol. The van der Waals surface area contributed by atoms with Crippen LogP contribution in [0.25, 0.3) is 10.6 Å². The summed E-state index contributed by atoms with van der Waals surface area (Å²) in [5, 5.41) is 14.6. The number of hydrogen-bond acceptors (Lipinski definition) is 8. The van der Waals surface area contributed by atoms with E-state index in [0.29, 0.717) is 5.56 Å². The first-order valence-electron chi connectivity index (χ1n) is 9.32. The van der Waals surface area contributed by atoms with Crippen molar-refractivity contribution < 1.29 is 9.53 Å². The largest absolute Gasteiger partial charge is 0.465 e. The topological polar surface area (TPSA) is 69.9 Å². The SMILES string of the molecule is COC(=O)c1ccc(-c2nc(CSc3nnc(C)n3CCc3cccs3)cs2)cc1. The van der Waals surface area contributed by atoms with E-state index >= 15 is 0 Å². The molecule has 0 bridgehead atoms. The molecule has 6 nitrogen and oxygen atoms in total. The second-order valence-corrected chi connectivity index (χ2v) is 9.35. The molecule has 9 heteroatoms. The molecule has 30 heavy (non-hydrogen) atoms. The zero-order valence-corrected chi connectivity index (χ0v) is 19.0. The monoisotopic (exact) mass is 456 g/mol. The van der Waals surface area contributed by atoms with E-state index in [2.05, 4.69) is 37.7 Å². The zero-order valence-electron chi connectivity index (χ0n) is 16.6. The number of nitrogens with zero attached hydrogens (tertiary/aromatic N) is 4. The van der Waals surface area contributed by atoms with Gasteiger partial charge >= 0.3 is 5.97 Å². The van der Waals surface area contributed by atoms with Gasteiger partial charge in [0.1, 0.15) is 10.8 Å². The molecule has 0 spiro atoms. The van der Waals surface area contributed by atoms with E-state index in [1.807, 2.05) is 19.1 Å². The van der Waals surface area contributed by atoms with E-state index in [9.17, 15) is 4.79 Å². The van der Waals surface area contributed by atoms with Gasteiger partial charge in [-0.25, -0.2) is 9.78 Å². The van der Waals surface area contributed by atoms with Gasteiger partial charge < -0.3 is 9.30 Å². The first kappa shape index (κ1) is 20.8. The van der Waals surface area contributed by atoms with Gasteiger partial charge in [0.2, 0.25) is 0 Å². The molecule has 154 valence electrons. The predicted octanol–water partition coefficient (Wildman–Crippen LogP) is 5.09. The van der Waals surface area contributed by atoms with Crippen molar-refractivity contribution in [2.75, 3.05) is 7.11 Å². The molecule has 0 saturated carbocycles. The number of carbonyl (C=O) groups is 1. The molecule has 0 radical (unpaired) electrons. The Morgan fingerprint density at radius 1 is 1.17 bits per heavy atom. The summed E-state index contributed by atoms with van der Waals surface area (Å²) in [6, 6.07) is 11.5. The molecule has 0 aliphatic carbocycles. The van der Waals surface area contributed by atoms with Crippen LogP contribution in [0.1, 0.15) is 26.8 Å². The van der Waals surface area contributed by atoms with Gasteiger partial charge in [0.25, 0.3) is 0 Å². The molecular formula is C21H20N4O2S3. The van der Waals surface area contributed by atoms with Crippen LogP contribution in [0.5, 0.6) is 0 Å². The van der Waals surface area contributed by atoms with Crippen molar-refractivity contribution in [3.63, 3.8) is 0 Å². The Bertz CT molecular complexity index is 1120. The lowest BCUT2D eigenvalue weighted by Gasteiger charge is -2.07. The van der Waals surface area contributed by atoms with E-state index in [4.69, 9.17) is 9.72 Å². The molecule has 0 amide bonds. The van der Waals surface area contributed by atoms with Crippen molar-refractivity contribution in [1.82, 2.24) is 19.7 Å². The maximum atomic E-state index is 11.6. The number of benzene rings is 1. The van der Waals surface area contributed by atoms with Crippen LogP contribution >= 0.6 is 34.4 Å². The Morgan fingerprint density at radius 3 is 2.73 bits per heavy atom. The van der Waals surface area contributed by atoms with E-state index in [1.165, 1.54) is 12.0 Å². The second-order valence-electron chi connectivity index (χ2n) is 6.51. The Balaban J connectivity index is 1.39.